The van der Waals surface area contributed by atoms with Gasteiger partial charge in [0, 0.05) is 11.8 Å². The summed E-state index contributed by atoms with van der Waals surface area (Å²) in [6.07, 6.45) is 1.31. The number of H-pyrrole nitrogens is 1. The Balaban J connectivity index is 2.47. The third kappa shape index (κ3) is 2.35. The average molecular weight is 314 g/mol. The number of hydrogen-bond acceptors (Lipinski definition) is 3. The lowest BCUT2D eigenvalue weighted by Crippen LogP contribution is -2.30. The summed E-state index contributed by atoms with van der Waals surface area (Å²) >= 11 is 3.00. The summed E-state index contributed by atoms with van der Waals surface area (Å²) in [6.45, 7) is -0.00884. The molecule has 0 aliphatic rings. The second-order valence-corrected chi connectivity index (χ2v) is 4.54. The highest BCUT2D eigenvalue weighted by Gasteiger charge is 2.08. The fourth-order valence-corrected chi connectivity index (χ4v) is 1.85. The van der Waals surface area contributed by atoms with E-state index in [4.69, 9.17) is 5.73 Å². The highest BCUT2D eigenvalue weighted by Crippen LogP contribution is 2.15. The summed E-state index contributed by atoms with van der Waals surface area (Å²) in [7, 11) is 0. The molecule has 1 heterocycles. The van der Waals surface area contributed by atoms with E-state index in [-0.39, 0.29) is 22.3 Å². The predicted molar refractivity (Wildman–Crippen MR) is 68.9 cm³/mol. The predicted octanol–water partition coefficient (Wildman–Crippen LogP) is 1.07. The lowest BCUT2D eigenvalue weighted by atomic mass is 10.2. The first kappa shape index (κ1) is 12.6. The summed E-state index contributed by atoms with van der Waals surface area (Å²) in [5.41, 5.74) is 4.60. The van der Waals surface area contributed by atoms with Gasteiger partial charge < -0.3 is 5.73 Å². The molecule has 0 bridgehead atoms. The molecule has 0 spiro atoms. The largest absolute Gasteiger partial charge is 0.396 e. The quantitative estimate of drug-likeness (QED) is 0.814. The summed E-state index contributed by atoms with van der Waals surface area (Å²) in [5, 5.41) is 0. The van der Waals surface area contributed by atoms with Gasteiger partial charge in [0.05, 0.1) is 16.7 Å². The minimum Gasteiger partial charge on any atom is -0.396 e. The minimum absolute atomic E-state index is 0.00884. The van der Waals surface area contributed by atoms with Gasteiger partial charge in [-0.2, -0.15) is 0 Å². The molecule has 18 heavy (non-hydrogen) atoms. The normalized spacial score (nSPS) is 10.6. The van der Waals surface area contributed by atoms with Gasteiger partial charge in [0.15, 0.2) is 5.82 Å². The molecule has 0 atom stereocenters. The molecule has 0 unspecified atom stereocenters. The number of hydrogen-bond donors (Lipinski definition) is 2. The van der Waals surface area contributed by atoms with E-state index in [1.54, 1.807) is 6.07 Å². The zero-order chi connectivity index (χ0) is 13.3. The van der Waals surface area contributed by atoms with Crippen LogP contribution in [0.4, 0.5) is 10.1 Å². The number of nitrogens with one attached hydrogen (secondary N) is 1. The van der Waals surface area contributed by atoms with Gasteiger partial charge in [0.25, 0.3) is 5.56 Å². The first-order chi connectivity index (χ1) is 8.49. The van der Waals surface area contributed by atoms with E-state index in [0.717, 1.165) is 0 Å². The molecule has 7 heteroatoms. The molecule has 5 nitrogen and oxygen atoms in total. The smallest absolute Gasteiger partial charge is 0.328 e. The van der Waals surface area contributed by atoms with Crippen molar-refractivity contribution in [2.24, 2.45) is 0 Å². The molecule has 1 aromatic carbocycles. The molecule has 0 saturated carbocycles. The van der Waals surface area contributed by atoms with E-state index in [2.05, 4.69) is 20.9 Å². The molecular weight excluding hydrogens is 305 g/mol. The number of halogens is 2. The number of aromatic amines is 1. The van der Waals surface area contributed by atoms with Gasteiger partial charge in [-0.05, 0) is 22.0 Å². The van der Waals surface area contributed by atoms with Crippen molar-refractivity contribution in [2.45, 2.75) is 6.54 Å². The molecule has 0 fully saturated rings. The standard InChI is InChI=1S/C11H9BrFN3O2/c12-7-5-16(11(18)15-10(7)17)4-6-2-1-3-8(14)9(6)13/h1-3,5H,4,14H2,(H,15,17,18). The Labute approximate surface area is 109 Å². The van der Waals surface area contributed by atoms with Crippen molar-refractivity contribution in [1.82, 2.24) is 9.55 Å². The Morgan fingerprint density at radius 2 is 2.11 bits per heavy atom. The van der Waals surface area contributed by atoms with Crippen molar-refractivity contribution in [1.29, 1.82) is 0 Å². The maximum Gasteiger partial charge on any atom is 0.328 e. The summed E-state index contributed by atoms with van der Waals surface area (Å²) in [5.74, 6) is -0.563. The summed E-state index contributed by atoms with van der Waals surface area (Å²) in [4.78, 5) is 24.8. The van der Waals surface area contributed by atoms with Gasteiger partial charge in [0.1, 0.15) is 0 Å². The Kier molecular flexibility index (Phi) is 3.33. The van der Waals surface area contributed by atoms with Crippen LogP contribution in [0.5, 0.6) is 0 Å². The lowest BCUT2D eigenvalue weighted by Gasteiger charge is -2.07. The van der Waals surface area contributed by atoms with Crippen LogP contribution >= 0.6 is 15.9 Å². The van der Waals surface area contributed by atoms with Crippen molar-refractivity contribution in [2.75, 3.05) is 5.73 Å². The molecule has 94 valence electrons. The van der Waals surface area contributed by atoms with Crippen LogP contribution in [-0.2, 0) is 6.54 Å². The van der Waals surface area contributed by atoms with Crippen LogP contribution < -0.4 is 17.0 Å². The molecule has 0 radical (unpaired) electrons. The number of nitrogens with two attached hydrogens (primary N) is 1. The zero-order valence-corrected chi connectivity index (χ0v) is 10.7. The maximum absolute atomic E-state index is 13.7. The van der Waals surface area contributed by atoms with E-state index in [1.165, 1.54) is 22.9 Å². The van der Waals surface area contributed by atoms with Gasteiger partial charge in [0.2, 0.25) is 0 Å². The molecule has 2 rings (SSSR count). The molecular formula is C11H9BrFN3O2. The minimum atomic E-state index is -0.606. The summed E-state index contributed by atoms with van der Waals surface area (Å²) < 4.78 is 15.1. The topological polar surface area (TPSA) is 80.9 Å². The molecule has 0 aliphatic carbocycles. The fourth-order valence-electron chi connectivity index (χ4n) is 1.51. The zero-order valence-electron chi connectivity index (χ0n) is 9.11. The van der Waals surface area contributed by atoms with Crippen molar-refractivity contribution in [3.8, 4) is 0 Å². The summed E-state index contributed by atoms with van der Waals surface area (Å²) in [6, 6.07) is 4.56. The monoisotopic (exact) mass is 313 g/mol. The van der Waals surface area contributed by atoms with Crippen molar-refractivity contribution in [3.63, 3.8) is 0 Å². The Hall–Kier alpha value is -1.89. The number of nitrogens with zero attached hydrogens (tertiary/aromatic N) is 1. The van der Waals surface area contributed by atoms with Crippen LogP contribution in [0.2, 0.25) is 0 Å². The van der Waals surface area contributed by atoms with Crippen molar-refractivity contribution in [3.05, 3.63) is 61.1 Å². The number of aromatic nitrogens is 2. The van der Waals surface area contributed by atoms with E-state index in [0.29, 0.717) is 0 Å². The first-order valence-corrected chi connectivity index (χ1v) is 5.80. The van der Waals surface area contributed by atoms with Crippen molar-refractivity contribution < 1.29 is 4.39 Å². The van der Waals surface area contributed by atoms with E-state index >= 15 is 0 Å². The maximum atomic E-state index is 13.7. The third-order valence-corrected chi connectivity index (χ3v) is 2.98. The Morgan fingerprint density at radius 1 is 1.39 bits per heavy atom. The number of nitrogen functional groups attached to an aromatic ring is 1. The molecule has 0 aliphatic heterocycles. The van der Waals surface area contributed by atoms with Crippen LogP contribution in [0.25, 0.3) is 0 Å². The second-order valence-electron chi connectivity index (χ2n) is 3.68. The first-order valence-electron chi connectivity index (χ1n) is 5.01. The Morgan fingerprint density at radius 3 is 2.83 bits per heavy atom. The highest BCUT2D eigenvalue weighted by molar-refractivity contribution is 9.10. The van der Waals surface area contributed by atoms with Crippen LogP contribution in [0, 0.1) is 5.82 Å². The Bertz CT molecular complexity index is 708. The second kappa shape index (κ2) is 4.77. The molecule has 3 N–H and O–H groups in total. The van der Waals surface area contributed by atoms with Crippen molar-refractivity contribution >= 4 is 21.6 Å². The molecule has 2 aromatic rings. The number of rotatable bonds is 2. The molecule has 1 aromatic heterocycles. The van der Waals surface area contributed by atoms with Gasteiger partial charge in [-0.15, -0.1) is 0 Å². The van der Waals surface area contributed by atoms with Crippen LogP contribution in [0.3, 0.4) is 0 Å². The number of benzene rings is 1. The van der Waals surface area contributed by atoms with Gasteiger partial charge in [-0.25, -0.2) is 9.18 Å². The van der Waals surface area contributed by atoms with E-state index in [1.807, 2.05) is 0 Å². The molecule has 0 amide bonds. The third-order valence-electron chi connectivity index (χ3n) is 2.42. The highest BCUT2D eigenvalue weighted by atomic mass is 79.9. The van der Waals surface area contributed by atoms with Crippen LogP contribution in [0.1, 0.15) is 5.56 Å². The molecule has 0 saturated heterocycles. The van der Waals surface area contributed by atoms with Gasteiger partial charge >= 0.3 is 5.69 Å². The van der Waals surface area contributed by atoms with Gasteiger partial charge in [-0.1, -0.05) is 12.1 Å². The number of anilines is 1. The lowest BCUT2D eigenvalue weighted by molar-refractivity contribution is 0.596. The van der Waals surface area contributed by atoms with E-state index in [9.17, 15) is 14.0 Å². The SMILES string of the molecule is Nc1cccc(Cn2cc(Br)c(=O)[nH]c2=O)c1F. The van der Waals surface area contributed by atoms with E-state index < -0.39 is 17.1 Å². The van der Waals surface area contributed by atoms with Crippen LogP contribution in [-0.4, -0.2) is 9.55 Å². The average Bonchev–Trinajstić information content (AvgIpc) is 2.32. The van der Waals surface area contributed by atoms with Gasteiger partial charge in [-0.3, -0.25) is 14.3 Å². The van der Waals surface area contributed by atoms with Crippen LogP contribution in [0.15, 0.2) is 38.5 Å². The fraction of sp³-hybridized carbons (Fsp3) is 0.0909.